The normalized spacial score (nSPS) is 26.1. The van der Waals surface area contributed by atoms with Crippen molar-refractivity contribution in [3.63, 3.8) is 0 Å². The summed E-state index contributed by atoms with van der Waals surface area (Å²) in [7, 11) is 0. The number of rotatable bonds is 2. The van der Waals surface area contributed by atoms with Crippen molar-refractivity contribution in [2.75, 3.05) is 13.2 Å². The summed E-state index contributed by atoms with van der Waals surface area (Å²) in [4.78, 5) is 2.31. The van der Waals surface area contributed by atoms with Gasteiger partial charge in [-0.15, -0.1) is 0 Å². The molecule has 1 aliphatic rings. The van der Waals surface area contributed by atoms with Crippen molar-refractivity contribution in [1.29, 1.82) is 0 Å². The molecule has 1 aromatic rings. The Kier molecular flexibility index (Phi) is 4.02. The minimum atomic E-state index is -0.290. The van der Waals surface area contributed by atoms with Gasteiger partial charge in [0.2, 0.25) is 0 Å². The first-order chi connectivity index (χ1) is 8.06. The molecule has 1 heterocycles. The SMILES string of the molecule is C[C@@H]1CN(Cc2ccc(F)cc2Cl)[C@H](C)CO1. The smallest absolute Gasteiger partial charge is 0.124 e. The standard InChI is InChI=1S/C13H17ClFNO/c1-9-8-17-10(2)6-16(9)7-11-3-4-12(15)5-13(11)14/h3-5,9-10H,6-8H2,1-2H3/t9-,10-/m1/s1. The Morgan fingerprint density at radius 3 is 2.94 bits per heavy atom. The lowest BCUT2D eigenvalue weighted by Crippen LogP contribution is -2.46. The second-order valence-corrected chi connectivity index (χ2v) is 5.07. The van der Waals surface area contributed by atoms with Crippen molar-refractivity contribution in [3.05, 3.63) is 34.6 Å². The molecular weight excluding hydrogens is 241 g/mol. The van der Waals surface area contributed by atoms with E-state index in [4.69, 9.17) is 16.3 Å². The summed E-state index contributed by atoms with van der Waals surface area (Å²) in [5.74, 6) is -0.290. The first-order valence-electron chi connectivity index (χ1n) is 5.86. The number of morpholine rings is 1. The fourth-order valence-corrected chi connectivity index (χ4v) is 2.29. The summed E-state index contributed by atoms with van der Waals surface area (Å²) in [6.07, 6.45) is 0.241. The lowest BCUT2D eigenvalue weighted by molar-refractivity contribution is -0.0526. The number of halogens is 2. The number of ether oxygens (including phenoxy) is 1. The van der Waals surface area contributed by atoms with Crippen molar-refractivity contribution in [2.24, 2.45) is 0 Å². The molecule has 0 radical (unpaired) electrons. The maximum Gasteiger partial charge on any atom is 0.124 e. The van der Waals surface area contributed by atoms with Crippen LogP contribution in [0.25, 0.3) is 0 Å². The zero-order chi connectivity index (χ0) is 12.4. The van der Waals surface area contributed by atoms with Crippen LogP contribution in [0.4, 0.5) is 4.39 Å². The minimum absolute atomic E-state index is 0.241. The van der Waals surface area contributed by atoms with Gasteiger partial charge in [-0.1, -0.05) is 17.7 Å². The van der Waals surface area contributed by atoms with E-state index in [0.29, 0.717) is 11.1 Å². The van der Waals surface area contributed by atoms with Crippen LogP contribution in [0.2, 0.25) is 5.02 Å². The highest BCUT2D eigenvalue weighted by atomic mass is 35.5. The summed E-state index contributed by atoms with van der Waals surface area (Å²) in [5, 5.41) is 0.497. The van der Waals surface area contributed by atoms with E-state index < -0.39 is 0 Å². The second-order valence-electron chi connectivity index (χ2n) is 4.66. The summed E-state index contributed by atoms with van der Waals surface area (Å²) >= 11 is 6.03. The molecule has 1 fully saturated rings. The summed E-state index contributed by atoms with van der Waals surface area (Å²) in [5.41, 5.74) is 0.967. The van der Waals surface area contributed by atoms with Gasteiger partial charge in [-0.25, -0.2) is 4.39 Å². The van der Waals surface area contributed by atoms with E-state index in [-0.39, 0.29) is 11.9 Å². The number of benzene rings is 1. The molecule has 17 heavy (non-hydrogen) atoms. The molecule has 2 nitrogen and oxygen atoms in total. The molecule has 0 spiro atoms. The highest BCUT2D eigenvalue weighted by Crippen LogP contribution is 2.21. The Morgan fingerprint density at radius 1 is 1.47 bits per heavy atom. The van der Waals surface area contributed by atoms with E-state index in [9.17, 15) is 4.39 Å². The van der Waals surface area contributed by atoms with E-state index in [2.05, 4.69) is 18.7 Å². The van der Waals surface area contributed by atoms with Gasteiger partial charge in [0.25, 0.3) is 0 Å². The van der Waals surface area contributed by atoms with Crippen molar-refractivity contribution < 1.29 is 9.13 Å². The fourth-order valence-electron chi connectivity index (χ4n) is 2.06. The molecule has 2 atom stereocenters. The number of hydrogen-bond acceptors (Lipinski definition) is 2. The monoisotopic (exact) mass is 257 g/mol. The van der Waals surface area contributed by atoms with Gasteiger partial charge in [0, 0.05) is 24.2 Å². The largest absolute Gasteiger partial charge is 0.376 e. The minimum Gasteiger partial charge on any atom is -0.376 e. The maximum atomic E-state index is 12.9. The average Bonchev–Trinajstić information content (AvgIpc) is 2.27. The Bertz CT molecular complexity index is 399. The molecule has 1 aromatic carbocycles. The summed E-state index contributed by atoms with van der Waals surface area (Å²) in [6, 6.07) is 4.94. The molecule has 1 aliphatic heterocycles. The maximum absolute atomic E-state index is 12.9. The van der Waals surface area contributed by atoms with Crippen LogP contribution >= 0.6 is 11.6 Å². The summed E-state index contributed by atoms with van der Waals surface area (Å²) in [6.45, 7) is 6.55. The van der Waals surface area contributed by atoms with Crippen LogP contribution in [0.15, 0.2) is 18.2 Å². The van der Waals surface area contributed by atoms with E-state index in [1.54, 1.807) is 6.07 Å². The molecular formula is C13H17ClFNO. The van der Waals surface area contributed by atoms with Crippen molar-refractivity contribution in [1.82, 2.24) is 4.90 Å². The van der Waals surface area contributed by atoms with Gasteiger partial charge in [0.1, 0.15) is 5.82 Å². The highest BCUT2D eigenvalue weighted by molar-refractivity contribution is 6.31. The van der Waals surface area contributed by atoms with Gasteiger partial charge in [0.15, 0.2) is 0 Å². The lowest BCUT2D eigenvalue weighted by atomic mass is 10.1. The number of nitrogens with zero attached hydrogens (tertiary/aromatic N) is 1. The zero-order valence-corrected chi connectivity index (χ0v) is 10.9. The molecule has 0 amide bonds. The van der Waals surface area contributed by atoms with E-state index in [1.807, 2.05) is 0 Å². The Morgan fingerprint density at radius 2 is 2.24 bits per heavy atom. The molecule has 0 aromatic heterocycles. The van der Waals surface area contributed by atoms with Gasteiger partial charge in [0.05, 0.1) is 12.7 Å². The van der Waals surface area contributed by atoms with Gasteiger partial charge in [-0.05, 0) is 31.5 Å². The molecule has 94 valence electrons. The topological polar surface area (TPSA) is 12.5 Å². The zero-order valence-electron chi connectivity index (χ0n) is 10.1. The van der Waals surface area contributed by atoms with Gasteiger partial charge >= 0.3 is 0 Å². The van der Waals surface area contributed by atoms with Crippen molar-refractivity contribution in [2.45, 2.75) is 32.5 Å². The molecule has 0 unspecified atom stereocenters. The molecule has 0 bridgehead atoms. The third-order valence-electron chi connectivity index (χ3n) is 3.13. The van der Waals surface area contributed by atoms with Crippen molar-refractivity contribution >= 4 is 11.6 Å². The quantitative estimate of drug-likeness (QED) is 0.807. The van der Waals surface area contributed by atoms with Crippen LogP contribution in [0.1, 0.15) is 19.4 Å². The molecule has 4 heteroatoms. The average molecular weight is 258 g/mol. The third kappa shape index (κ3) is 3.18. The van der Waals surface area contributed by atoms with Crippen LogP contribution < -0.4 is 0 Å². The van der Waals surface area contributed by atoms with Crippen LogP contribution in [-0.2, 0) is 11.3 Å². The lowest BCUT2D eigenvalue weighted by Gasteiger charge is -2.36. The van der Waals surface area contributed by atoms with Crippen LogP contribution in [-0.4, -0.2) is 30.2 Å². The van der Waals surface area contributed by atoms with Crippen LogP contribution in [0, 0.1) is 5.82 Å². The number of hydrogen-bond donors (Lipinski definition) is 0. The van der Waals surface area contributed by atoms with Gasteiger partial charge < -0.3 is 4.74 Å². The molecule has 0 N–H and O–H groups in total. The Hall–Kier alpha value is -0.640. The first-order valence-corrected chi connectivity index (χ1v) is 6.23. The molecule has 0 aliphatic carbocycles. The fraction of sp³-hybridized carbons (Fsp3) is 0.538. The highest BCUT2D eigenvalue weighted by Gasteiger charge is 2.23. The van der Waals surface area contributed by atoms with E-state index >= 15 is 0 Å². The van der Waals surface area contributed by atoms with E-state index in [0.717, 1.165) is 25.3 Å². The van der Waals surface area contributed by atoms with E-state index in [1.165, 1.54) is 12.1 Å². The Labute approximate surface area is 106 Å². The van der Waals surface area contributed by atoms with Crippen LogP contribution in [0.3, 0.4) is 0 Å². The Balaban J connectivity index is 2.08. The van der Waals surface area contributed by atoms with Crippen molar-refractivity contribution in [3.8, 4) is 0 Å². The first kappa shape index (κ1) is 12.8. The molecule has 2 rings (SSSR count). The summed E-state index contributed by atoms with van der Waals surface area (Å²) < 4.78 is 18.5. The van der Waals surface area contributed by atoms with Crippen LogP contribution in [0.5, 0.6) is 0 Å². The second kappa shape index (κ2) is 5.34. The third-order valence-corrected chi connectivity index (χ3v) is 3.48. The molecule has 0 saturated carbocycles. The van der Waals surface area contributed by atoms with Gasteiger partial charge in [-0.3, -0.25) is 4.90 Å². The van der Waals surface area contributed by atoms with Gasteiger partial charge in [-0.2, -0.15) is 0 Å². The predicted molar refractivity (Wildman–Crippen MR) is 66.7 cm³/mol. The molecule has 1 saturated heterocycles. The predicted octanol–water partition coefficient (Wildman–Crippen LogP) is 3.09.